The lowest BCUT2D eigenvalue weighted by molar-refractivity contribution is -0.141. The minimum absolute atomic E-state index is 0.555. The molecule has 16 heavy (non-hydrogen) atoms. The minimum atomic E-state index is -0.896. The highest BCUT2D eigenvalue weighted by Crippen LogP contribution is 2.20. The number of hydrogen-bond acceptors (Lipinski definition) is 4. The Labute approximate surface area is 91.3 Å². The summed E-state index contributed by atoms with van der Waals surface area (Å²) in [6, 6.07) is 3.91. The lowest BCUT2D eigenvalue weighted by atomic mass is 10.2. The zero-order valence-corrected chi connectivity index (χ0v) is 8.51. The van der Waals surface area contributed by atoms with Gasteiger partial charge in [-0.15, -0.1) is 0 Å². The summed E-state index contributed by atoms with van der Waals surface area (Å²) in [4.78, 5) is 38.6. The number of pyridine rings is 1. The highest BCUT2D eigenvalue weighted by molar-refractivity contribution is 6.44. The number of urea groups is 1. The molecule has 4 amide bonds. The molecule has 1 N–H and O–H groups in total. The topological polar surface area (TPSA) is 79.4 Å². The number of rotatable bonds is 2. The fourth-order valence-corrected chi connectivity index (χ4v) is 1.52. The van der Waals surface area contributed by atoms with E-state index < -0.39 is 23.9 Å². The fourth-order valence-electron chi connectivity index (χ4n) is 1.52. The molecule has 6 nitrogen and oxygen atoms in total. The van der Waals surface area contributed by atoms with E-state index in [1.807, 2.05) is 5.32 Å². The van der Waals surface area contributed by atoms with E-state index in [-0.39, 0.29) is 0 Å². The maximum atomic E-state index is 11.4. The van der Waals surface area contributed by atoms with Crippen LogP contribution in [0.25, 0.3) is 0 Å². The van der Waals surface area contributed by atoms with Gasteiger partial charge in [0.1, 0.15) is 0 Å². The van der Waals surface area contributed by atoms with Crippen LogP contribution in [0.4, 0.5) is 4.79 Å². The van der Waals surface area contributed by atoms with Gasteiger partial charge in [-0.2, -0.15) is 0 Å². The molecule has 1 fully saturated rings. The van der Waals surface area contributed by atoms with Gasteiger partial charge in [0.15, 0.2) is 0 Å². The van der Waals surface area contributed by atoms with Gasteiger partial charge in [0.2, 0.25) is 0 Å². The van der Waals surface area contributed by atoms with Gasteiger partial charge < -0.3 is 0 Å². The molecule has 2 rings (SSSR count). The molecule has 0 aromatic carbocycles. The van der Waals surface area contributed by atoms with Gasteiger partial charge in [-0.3, -0.25) is 19.9 Å². The normalized spacial score (nSPS) is 17.6. The lowest BCUT2D eigenvalue weighted by Gasteiger charge is -2.19. The Hall–Kier alpha value is -2.24. The Bertz CT molecular complexity index is 458. The number of nitrogens with zero attached hydrogens (tertiary/aromatic N) is 2. The average Bonchev–Trinajstić information content (AvgIpc) is 2.54. The highest BCUT2D eigenvalue weighted by atomic mass is 16.2. The van der Waals surface area contributed by atoms with Crippen molar-refractivity contribution in [3.8, 4) is 0 Å². The van der Waals surface area contributed by atoms with Crippen molar-refractivity contribution >= 4 is 17.8 Å². The summed E-state index contributed by atoms with van der Waals surface area (Å²) in [6.45, 7) is 1.64. The summed E-state index contributed by atoms with van der Waals surface area (Å²) in [6.07, 6.45) is 1.56. The van der Waals surface area contributed by atoms with E-state index in [1.54, 1.807) is 31.3 Å². The van der Waals surface area contributed by atoms with Crippen LogP contribution in [-0.4, -0.2) is 27.7 Å². The maximum absolute atomic E-state index is 11.4. The van der Waals surface area contributed by atoms with Crippen molar-refractivity contribution in [2.24, 2.45) is 0 Å². The van der Waals surface area contributed by atoms with E-state index in [0.29, 0.717) is 5.69 Å². The summed E-state index contributed by atoms with van der Waals surface area (Å²) in [5.74, 6) is -1.74. The Morgan fingerprint density at radius 2 is 2.06 bits per heavy atom. The van der Waals surface area contributed by atoms with E-state index in [4.69, 9.17) is 0 Å². The molecule has 2 heterocycles. The molecule has 1 saturated heterocycles. The van der Waals surface area contributed by atoms with E-state index >= 15 is 0 Å². The predicted molar refractivity (Wildman–Crippen MR) is 53.0 cm³/mol. The van der Waals surface area contributed by atoms with Gasteiger partial charge in [0, 0.05) is 6.20 Å². The van der Waals surface area contributed by atoms with Gasteiger partial charge in [-0.05, 0) is 19.1 Å². The molecular weight excluding hydrogens is 210 g/mol. The zero-order valence-electron chi connectivity index (χ0n) is 8.51. The van der Waals surface area contributed by atoms with Crippen molar-refractivity contribution in [1.29, 1.82) is 0 Å². The number of nitrogens with one attached hydrogen (secondary N) is 1. The zero-order chi connectivity index (χ0) is 11.7. The molecule has 6 heteroatoms. The first-order valence-electron chi connectivity index (χ1n) is 4.70. The molecule has 0 saturated carbocycles. The second kappa shape index (κ2) is 3.73. The maximum Gasteiger partial charge on any atom is 0.332 e. The molecule has 0 bridgehead atoms. The smallest absolute Gasteiger partial charge is 0.269 e. The van der Waals surface area contributed by atoms with Crippen LogP contribution in [0.1, 0.15) is 18.7 Å². The third kappa shape index (κ3) is 1.54. The van der Waals surface area contributed by atoms with Crippen LogP contribution < -0.4 is 5.32 Å². The predicted octanol–water partition coefficient (Wildman–Crippen LogP) is 0.221. The largest absolute Gasteiger partial charge is 0.332 e. The molecule has 1 unspecified atom stereocenters. The van der Waals surface area contributed by atoms with Gasteiger partial charge in [-0.1, -0.05) is 6.07 Å². The second-order valence-corrected chi connectivity index (χ2v) is 3.37. The number of carbonyl (C=O) groups excluding carboxylic acids is 3. The first-order chi connectivity index (χ1) is 7.61. The van der Waals surface area contributed by atoms with E-state index in [1.165, 1.54) is 0 Å². The second-order valence-electron chi connectivity index (χ2n) is 3.37. The van der Waals surface area contributed by atoms with Gasteiger partial charge in [0.05, 0.1) is 11.7 Å². The molecule has 1 atom stereocenters. The number of amides is 4. The van der Waals surface area contributed by atoms with Crippen LogP contribution >= 0.6 is 0 Å². The molecule has 1 aliphatic heterocycles. The first kappa shape index (κ1) is 10.3. The first-order valence-corrected chi connectivity index (χ1v) is 4.70. The lowest BCUT2D eigenvalue weighted by Crippen LogP contribution is -2.34. The molecule has 1 aromatic heterocycles. The van der Waals surface area contributed by atoms with Gasteiger partial charge in [-0.25, -0.2) is 9.69 Å². The Morgan fingerprint density at radius 1 is 1.31 bits per heavy atom. The van der Waals surface area contributed by atoms with Crippen LogP contribution in [0.5, 0.6) is 0 Å². The minimum Gasteiger partial charge on any atom is -0.269 e. The third-order valence-electron chi connectivity index (χ3n) is 2.36. The number of imide groups is 2. The molecule has 0 spiro atoms. The third-order valence-corrected chi connectivity index (χ3v) is 2.36. The van der Waals surface area contributed by atoms with Crippen molar-refractivity contribution in [2.45, 2.75) is 13.0 Å². The molecule has 0 aliphatic carbocycles. The number of hydrogen-bond donors (Lipinski definition) is 1. The van der Waals surface area contributed by atoms with Crippen LogP contribution in [0, 0.1) is 0 Å². The molecule has 82 valence electrons. The van der Waals surface area contributed by atoms with Crippen molar-refractivity contribution in [3.05, 3.63) is 30.1 Å². The van der Waals surface area contributed by atoms with Gasteiger partial charge >= 0.3 is 17.8 Å². The summed E-state index contributed by atoms with van der Waals surface area (Å²) < 4.78 is 0. The SMILES string of the molecule is CC(c1ccccn1)N1C(=O)NC(=O)C1=O. The number of aromatic nitrogens is 1. The standard InChI is InChI=1S/C10H9N3O3/c1-6(7-4-2-3-5-11-7)13-9(15)8(14)12-10(13)16/h2-6H,1H3,(H,12,14,16). The average molecular weight is 219 g/mol. The van der Waals surface area contributed by atoms with Crippen molar-refractivity contribution < 1.29 is 14.4 Å². The van der Waals surface area contributed by atoms with Crippen molar-refractivity contribution in [3.63, 3.8) is 0 Å². The Kier molecular flexibility index (Phi) is 2.40. The number of carbonyl (C=O) groups is 3. The monoisotopic (exact) mass is 219 g/mol. The van der Waals surface area contributed by atoms with Crippen LogP contribution in [0.2, 0.25) is 0 Å². The van der Waals surface area contributed by atoms with Crippen LogP contribution in [0.15, 0.2) is 24.4 Å². The Morgan fingerprint density at radius 3 is 2.56 bits per heavy atom. The fraction of sp³-hybridized carbons (Fsp3) is 0.200. The summed E-state index contributed by atoms with van der Waals surface area (Å²) in [5.41, 5.74) is 0.556. The van der Waals surface area contributed by atoms with Crippen molar-refractivity contribution in [2.75, 3.05) is 0 Å². The van der Waals surface area contributed by atoms with Crippen LogP contribution in [-0.2, 0) is 9.59 Å². The highest BCUT2D eigenvalue weighted by Gasteiger charge is 2.40. The summed E-state index contributed by atoms with van der Waals surface area (Å²) in [5, 5.41) is 1.94. The van der Waals surface area contributed by atoms with Crippen molar-refractivity contribution in [1.82, 2.24) is 15.2 Å². The Balaban J connectivity index is 2.29. The summed E-state index contributed by atoms with van der Waals surface area (Å²) >= 11 is 0. The van der Waals surface area contributed by atoms with Gasteiger partial charge in [0.25, 0.3) is 0 Å². The van der Waals surface area contributed by atoms with E-state index in [2.05, 4.69) is 4.98 Å². The molecule has 1 aliphatic rings. The van der Waals surface area contributed by atoms with E-state index in [0.717, 1.165) is 4.90 Å². The molecular formula is C10H9N3O3. The van der Waals surface area contributed by atoms with E-state index in [9.17, 15) is 14.4 Å². The molecule has 0 radical (unpaired) electrons. The quantitative estimate of drug-likeness (QED) is 0.570. The van der Waals surface area contributed by atoms with Crippen LogP contribution in [0.3, 0.4) is 0 Å². The summed E-state index contributed by atoms with van der Waals surface area (Å²) in [7, 11) is 0. The molecule has 1 aromatic rings.